The molecule has 2 aliphatic heterocycles. The van der Waals surface area contributed by atoms with E-state index in [2.05, 4.69) is 27.7 Å². The van der Waals surface area contributed by atoms with E-state index in [1.807, 2.05) is 0 Å². The third kappa shape index (κ3) is 2.47. The van der Waals surface area contributed by atoms with Gasteiger partial charge in [-0.05, 0) is 56.3 Å². The lowest BCUT2D eigenvalue weighted by Crippen LogP contribution is -2.53. The van der Waals surface area contributed by atoms with Crippen LogP contribution in [0.5, 0.6) is 0 Å². The standard InChI is InChI=1S/C17H30O2/c1-10(2)16-12(4)14-7-5-6-13-9-8-11(3)18-17(19-16)15(13)14/h10-17H,5-9H2,1-4H3/t11?,12?,13-,14?,15?,16?,17?/m0/s1. The molecule has 0 aromatic rings. The molecule has 19 heavy (non-hydrogen) atoms. The van der Waals surface area contributed by atoms with Crippen LogP contribution in [0.15, 0.2) is 0 Å². The summed E-state index contributed by atoms with van der Waals surface area (Å²) in [6.07, 6.45) is 7.61. The molecule has 2 saturated heterocycles. The Labute approximate surface area is 118 Å². The highest BCUT2D eigenvalue weighted by molar-refractivity contribution is 4.95. The van der Waals surface area contributed by atoms with E-state index < -0.39 is 0 Å². The zero-order valence-corrected chi connectivity index (χ0v) is 13.0. The lowest BCUT2D eigenvalue weighted by Gasteiger charge is -2.51. The summed E-state index contributed by atoms with van der Waals surface area (Å²) >= 11 is 0. The fraction of sp³-hybridized carbons (Fsp3) is 1.00. The summed E-state index contributed by atoms with van der Waals surface area (Å²) in [7, 11) is 0. The summed E-state index contributed by atoms with van der Waals surface area (Å²) in [5.41, 5.74) is 0. The molecule has 6 unspecified atom stereocenters. The average Bonchev–Trinajstić information content (AvgIpc) is 2.54. The van der Waals surface area contributed by atoms with Gasteiger partial charge in [0.25, 0.3) is 0 Å². The zero-order chi connectivity index (χ0) is 13.6. The average molecular weight is 266 g/mol. The molecule has 0 bridgehead atoms. The van der Waals surface area contributed by atoms with Crippen LogP contribution in [0.3, 0.4) is 0 Å². The van der Waals surface area contributed by atoms with Crippen LogP contribution in [-0.2, 0) is 9.47 Å². The number of hydrogen-bond donors (Lipinski definition) is 0. The number of hydrogen-bond acceptors (Lipinski definition) is 2. The molecule has 3 rings (SSSR count). The van der Waals surface area contributed by atoms with Gasteiger partial charge in [-0.25, -0.2) is 0 Å². The van der Waals surface area contributed by atoms with Gasteiger partial charge in [-0.15, -0.1) is 0 Å². The van der Waals surface area contributed by atoms with E-state index in [9.17, 15) is 0 Å². The quantitative estimate of drug-likeness (QED) is 0.707. The second-order valence-corrected chi connectivity index (χ2v) is 7.53. The maximum atomic E-state index is 6.43. The van der Waals surface area contributed by atoms with Crippen molar-refractivity contribution >= 4 is 0 Å². The summed E-state index contributed by atoms with van der Waals surface area (Å²) in [4.78, 5) is 0. The van der Waals surface area contributed by atoms with Crippen LogP contribution in [0.2, 0.25) is 0 Å². The first-order valence-electron chi connectivity index (χ1n) is 8.39. The largest absolute Gasteiger partial charge is 0.349 e. The summed E-state index contributed by atoms with van der Waals surface area (Å²) in [5, 5.41) is 0. The second-order valence-electron chi connectivity index (χ2n) is 7.53. The van der Waals surface area contributed by atoms with Crippen molar-refractivity contribution in [3.63, 3.8) is 0 Å². The highest BCUT2D eigenvalue weighted by Gasteiger charge is 2.50. The summed E-state index contributed by atoms with van der Waals surface area (Å²) < 4.78 is 12.7. The van der Waals surface area contributed by atoms with E-state index in [0.717, 1.165) is 11.8 Å². The second kappa shape index (κ2) is 5.37. The maximum Gasteiger partial charge on any atom is 0.161 e. The lowest BCUT2D eigenvalue weighted by molar-refractivity contribution is -0.281. The van der Waals surface area contributed by atoms with Gasteiger partial charge in [0, 0.05) is 5.92 Å². The molecule has 7 atom stereocenters. The minimum absolute atomic E-state index is 0.0800. The van der Waals surface area contributed by atoms with Crippen molar-refractivity contribution in [2.45, 2.75) is 78.3 Å². The van der Waals surface area contributed by atoms with E-state index in [-0.39, 0.29) is 6.29 Å². The molecule has 1 aliphatic carbocycles. The van der Waals surface area contributed by atoms with Crippen LogP contribution in [0, 0.1) is 29.6 Å². The first-order valence-corrected chi connectivity index (χ1v) is 8.39. The lowest BCUT2D eigenvalue weighted by atomic mass is 9.63. The molecule has 2 heterocycles. The molecular weight excluding hydrogens is 236 g/mol. The maximum absolute atomic E-state index is 6.43. The van der Waals surface area contributed by atoms with Gasteiger partial charge < -0.3 is 9.47 Å². The Bertz CT molecular complexity index is 314. The van der Waals surface area contributed by atoms with Gasteiger partial charge in [0.1, 0.15) is 0 Å². The topological polar surface area (TPSA) is 18.5 Å². The zero-order valence-electron chi connectivity index (χ0n) is 13.0. The van der Waals surface area contributed by atoms with Crippen molar-refractivity contribution < 1.29 is 9.47 Å². The molecule has 3 aliphatic rings. The van der Waals surface area contributed by atoms with Crippen molar-refractivity contribution in [3.05, 3.63) is 0 Å². The van der Waals surface area contributed by atoms with Crippen LogP contribution in [0.4, 0.5) is 0 Å². The molecule has 0 aromatic carbocycles. The summed E-state index contributed by atoms with van der Waals surface area (Å²) in [6, 6.07) is 0. The fourth-order valence-corrected chi connectivity index (χ4v) is 4.97. The molecule has 1 saturated carbocycles. The Kier molecular flexibility index (Phi) is 3.92. The van der Waals surface area contributed by atoms with Gasteiger partial charge in [-0.3, -0.25) is 0 Å². The van der Waals surface area contributed by atoms with Crippen LogP contribution in [-0.4, -0.2) is 18.5 Å². The Hall–Kier alpha value is -0.0800. The minimum Gasteiger partial charge on any atom is -0.349 e. The molecule has 0 radical (unpaired) electrons. The van der Waals surface area contributed by atoms with Gasteiger partial charge in [0.2, 0.25) is 0 Å². The van der Waals surface area contributed by atoms with Crippen LogP contribution >= 0.6 is 0 Å². The number of rotatable bonds is 1. The number of ether oxygens (including phenoxy) is 2. The van der Waals surface area contributed by atoms with Crippen molar-refractivity contribution in [2.24, 2.45) is 29.6 Å². The molecule has 3 fully saturated rings. The molecule has 0 N–H and O–H groups in total. The molecule has 0 aromatic heterocycles. The molecule has 2 nitrogen and oxygen atoms in total. The van der Waals surface area contributed by atoms with Crippen LogP contribution < -0.4 is 0 Å². The smallest absolute Gasteiger partial charge is 0.161 e. The van der Waals surface area contributed by atoms with E-state index in [1.54, 1.807) is 0 Å². The van der Waals surface area contributed by atoms with Crippen LogP contribution in [0.25, 0.3) is 0 Å². The van der Waals surface area contributed by atoms with E-state index in [0.29, 0.717) is 30.0 Å². The van der Waals surface area contributed by atoms with Gasteiger partial charge in [-0.1, -0.05) is 27.2 Å². The Morgan fingerprint density at radius 1 is 0.947 bits per heavy atom. The van der Waals surface area contributed by atoms with E-state index in [1.165, 1.54) is 32.1 Å². The van der Waals surface area contributed by atoms with Gasteiger partial charge in [0.05, 0.1) is 12.2 Å². The molecule has 0 spiro atoms. The van der Waals surface area contributed by atoms with Crippen molar-refractivity contribution in [3.8, 4) is 0 Å². The third-order valence-corrected chi connectivity index (χ3v) is 5.92. The molecular formula is C17H30O2. The van der Waals surface area contributed by atoms with Gasteiger partial charge >= 0.3 is 0 Å². The minimum atomic E-state index is 0.0800. The first kappa shape index (κ1) is 13.9. The van der Waals surface area contributed by atoms with Crippen LogP contribution in [0.1, 0.15) is 59.8 Å². The highest BCUT2D eigenvalue weighted by atomic mass is 16.7. The third-order valence-electron chi connectivity index (χ3n) is 5.92. The van der Waals surface area contributed by atoms with Crippen molar-refractivity contribution in [1.82, 2.24) is 0 Å². The summed E-state index contributed by atoms with van der Waals surface area (Å²) in [5.74, 6) is 3.64. The predicted molar refractivity (Wildman–Crippen MR) is 76.8 cm³/mol. The molecule has 2 heteroatoms. The van der Waals surface area contributed by atoms with Gasteiger partial charge in [-0.2, -0.15) is 0 Å². The Balaban J connectivity index is 1.87. The monoisotopic (exact) mass is 266 g/mol. The van der Waals surface area contributed by atoms with Crippen molar-refractivity contribution in [1.29, 1.82) is 0 Å². The van der Waals surface area contributed by atoms with Gasteiger partial charge in [0.15, 0.2) is 6.29 Å². The molecule has 0 amide bonds. The first-order chi connectivity index (χ1) is 9.08. The predicted octanol–water partition coefficient (Wildman–Crippen LogP) is 4.23. The van der Waals surface area contributed by atoms with E-state index >= 15 is 0 Å². The molecule has 110 valence electrons. The SMILES string of the molecule is CC1CC[C@@H]2CCCC3C(C)C(C(C)C)OC(O1)C32. The Morgan fingerprint density at radius 3 is 2.47 bits per heavy atom. The van der Waals surface area contributed by atoms with E-state index in [4.69, 9.17) is 9.47 Å². The summed E-state index contributed by atoms with van der Waals surface area (Å²) in [6.45, 7) is 9.23. The fourth-order valence-electron chi connectivity index (χ4n) is 4.97. The Morgan fingerprint density at radius 2 is 1.74 bits per heavy atom. The highest BCUT2D eigenvalue weighted by Crippen LogP contribution is 2.51. The normalized spacial score (nSPS) is 50.7. The van der Waals surface area contributed by atoms with Crippen molar-refractivity contribution in [2.75, 3.05) is 0 Å².